The molecule has 0 unspecified atom stereocenters. The summed E-state index contributed by atoms with van der Waals surface area (Å²) >= 11 is 6.35. The quantitative estimate of drug-likeness (QED) is 0.422. The Bertz CT molecular complexity index is 1410. The maximum absolute atomic E-state index is 13.2. The van der Waals surface area contributed by atoms with Crippen LogP contribution in [0.25, 0.3) is 11.3 Å². The van der Waals surface area contributed by atoms with Gasteiger partial charge in [0, 0.05) is 5.56 Å². The number of carbonyl (C=O) groups is 1. The van der Waals surface area contributed by atoms with E-state index in [2.05, 4.69) is 9.82 Å². The van der Waals surface area contributed by atoms with E-state index in [9.17, 15) is 13.2 Å². The van der Waals surface area contributed by atoms with Crippen molar-refractivity contribution in [3.63, 3.8) is 0 Å². The number of rotatable bonds is 6. The zero-order valence-electron chi connectivity index (χ0n) is 18.1. The Hall–Kier alpha value is -3.42. The summed E-state index contributed by atoms with van der Waals surface area (Å²) in [5.41, 5.74) is 4.35. The van der Waals surface area contributed by atoms with E-state index in [1.165, 1.54) is 16.8 Å². The van der Waals surface area contributed by atoms with Gasteiger partial charge in [0.25, 0.3) is 15.9 Å². The van der Waals surface area contributed by atoms with Gasteiger partial charge in [-0.1, -0.05) is 66.2 Å². The summed E-state index contributed by atoms with van der Waals surface area (Å²) in [7, 11) is -4.04. The van der Waals surface area contributed by atoms with Crippen molar-refractivity contribution in [3.05, 3.63) is 106 Å². The minimum Gasteiger partial charge on any atom is -0.266 e. The summed E-state index contributed by atoms with van der Waals surface area (Å²) in [6.07, 6.45) is 0. The van der Waals surface area contributed by atoms with Gasteiger partial charge < -0.3 is 0 Å². The van der Waals surface area contributed by atoms with Gasteiger partial charge in [0.15, 0.2) is 0 Å². The van der Waals surface area contributed by atoms with E-state index in [1.54, 1.807) is 42.5 Å². The van der Waals surface area contributed by atoms with Crippen molar-refractivity contribution in [2.24, 2.45) is 0 Å². The SMILES string of the molecule is Cc1cccc(C)c1Cn1nc(-c2ccccc2Cl)cc1C(=O)NS(=O)(=O)c1ccccc1. The van der Waals surface area contributed by atoms with Gasteiger partial charge in [0.2, 0.25) is 0 Å². The number of hydrogen-bond acceptors (Lipinski definition) is 4. The number of nitrogens with zero attached hydrogens (tertiary/aromatic N) is 2. The van der Waals surface area contributed by atoms with Crippen LogP contribution in [0.2, 0.25) is 5.02 Å². The van der Waals surface area contributed by atoms with E-state index in [-0.39, 0.29) is 10.6 Å². The molecule has 0 aliphatic rings. The summed E-state index contributed by atoms with van der Waals surface area (Å²) in [5.74, 6) is -0.768. The lowest BCUT2D eigenvalue weighted by molar-refractivity contribution is 0.0971. The van der Waals surface area contributed by atoms with Crippen LogP contribution >= 0.6 is 11.6 Å². The molecule has 0 radical (unpaired) electrons. The topological polar surface area (TPSA) is 81.1 Å². The van der Waals surface area contributed by atoms with Crippen LogP contribution in [0.15, 0.2) is 83.8 Å². The third-order valence-corrected chi connectivity index (χ3v) is 7.07. The Labute approximate surface area is 197 Å². The van der Waals surface area contributed by atoms with Crippen LogP contribution in [0.5, 0.6) is 0 Å². The highest BCUT2D eigenvalue weighted by atomic mass is 35.5. The number of amides is 1. The molecule has 33 heavy (non-hydrogen) atoms. The standard InChI is InChI=1S/C25H22ClN3O3S/c1-17-9-8-10-18(2)21(17)16-29-24(15-23(27-29)20-13-6-7-14-22(20)26)25(30)28-33(31,32)19-11-4-3-5-12-19/h3-15H,16H2,1-2H3,(H,28,30). The van der Waals surface area contributed by atoms with Crippen LogP contribution < -0.4 is 4.72 Å². The third-order valence-electron chi connectivity index (χ3n) is 5.40. The molecule has 0 aliphatic carbocycles. The van der Waals surface area contributed by atoms with Gasteiger partial charge in [-0.15, -0.1) is 0 Å². The maximum atomic E-state index is 13.2. The fourth-order valence-electron chi connectivity index (χ4n) is 3.60. The van der Waals surface area contributed by atoms with Crippen LogP contribution in [0.3, 0.4) is 0 Å². The summed E-state index contributed by atoms with van der Waals surface area (Å²) in [4.78, 5) is 13.2. The van der Waals surface area contributed by atoms with Crippen molar-refractivity contribution in [2.75, 3.05) is 0 Å². The molecule has 6 nitrogen and oxygen atoms in total. The molecule has 0 spiro atoms. The van der Waals surface area contributed by atoms with Crippen molar-refractivity contribution in [1.29, 1.82) is 0 Å². The molecule has 8 heteroatoms. The second-order valence-electron chi connectivity index (χ2n) is 7.67. The lowest BCUT2D eigenvalue weighted by Gasteiger charge is -2.13. The van der Waals surface area contributed by atoms with Crippen LogP contribution in [0, 0.1) is 13.8 Å². The first-order valence-electron chi connectivity index (χ1n) is 10.3. The van der Waals surface area contributed by atoms with Gasteiger partial charge in [-0.2, -0.15) is 5.10 Å². The molecule has 0 saturated carbocycles. The molecular formula is C25H22ClN3O3S. The van der Waals surface area contributed by atoms with Crippen LogP contribution in [-0.4, -0.2) is 24.1 Å². The molecule has 0 saturated heterocycles. The number of carbonyl (C=O) groups excluding carboxylic acids is 1. The zero-order chi connectivity index (χ0) is 23.6. The Kier molecular flexibility index (Phi) is 6.35. The second kappa shape index (κ2) is 9.21. The number of aryl methyl sites for hydroxylation is 2. The van der Waals surface area contributed by atoms with Crippen molar-refractivity contribution in [3.8, 4) is 11.3 Å². The molecule has 1 aromatic heterocycles. The summed E-state index contributed by atoms with van der Waals surface area (Å²) in [6, 6.07) is 22.4. The monoisotopic (exact) mass is 479 g/mol. The van der Waals surface area contributed by atoms with Crippen molar-refractivity contribution in [1.82, 2.24) is 14.5 Å². The Morgan fingerprint density at radius 1 is 0.939 bits per heavy atom. The van der Waals surface area contributed by atoms with Gasteiger partial charge in [-0.05, 0) is 54.8 Å². The lowest BCUT2D eigenvalue weighted by atomic mass is 10.0. The molecule has 3 aromatic carbocycles. The second-order valence-corrected chi connectivity index (χ2v) is 9.76. The number of halogens is 1. The predicted octanol–water partition coefficient (Wildman–Crippen LogP) is 4.99. The molecule has 168 valence electrons. The third kappa shape index (κ3) is 4.84. The molecule has 0 fully saturated rings. The molecular weight excluding hydrogens is 458 g/mol. The highest BCUT2D eigenvalue weighted by Gasteiger charge is 2.24. The Balaban J connectivity index is 1.77. The smallest absolute Gasteiger partial charge is 0.266 e. The number of nitrogens with one attached hydrogen (secondary N) is 1. The van der Waals surface area contributed by atoms with Crippen LogP contribution in [0.1, 0.15) is 27.2 Å². The average molecular weight is 480 g/mol. The molecule has 1 N–H and O–H groups in total. The van der Waals surface area contributed by atoms with E-state index in [0.29, 0.717) is 22.8 Å². The predicted molar refractivity (Wildman–Crippen MR) is 129 cm³/mol. The van der Waals surface area contributed by atoms with E-state index < -0.39 is 15.9 Å². The molecule has 4 aromatic rings. The summed E-state index contributed by atoms with van der Waals surface area (Å²) < 4.78 is 29.2. The van der Waals surface area contributed by atoms with Gasteiger partial charge in [0.05, 0.1) is 22.2 Å². The number of sulfonamides is 1. The molecule has 4 rings (SSSR count). The normalized spacial score (nSPS) is 11.4. The van der Waals surface area contributed by atoms with Crippen LogP contribution in [0.4, 0.5) is 0 Å². The van der Waals surface area contributed by atoms with E-state index in [0.717, 1.165) is 16.7 Å². The highest BCUT2D eigenvalue weighted by Crippen LogP contribution is 2.28. The Morgan fingerprint density at radius 2 is 1.58 bits per heavy atom. The van der Waals surface area contributed by atoms with Crippen molar-refractivity contribution >= 4 is 27.5 Å². The van der Waals surface area contributed by atoms with Gasteiger partial charge >= 0.3 is 0 Å². The van der Waals surface area contributed by atoms with Crippen molar-refractivity contribution in [2.45, 2.75) is 25.3 Å². The number of benzene rings is 3. The van der Waals surface area contributed by atoms with E-state index in [1.807, 2.05) is 38.1 Å². The number of aromatic nitrogens is 2. The molecule has 1 amide bonds. The summed E-state index contributed by atoms with van der Waals surface area (Å²) in [5, 5.41) is 5.10. The average Bonchev–Trinajstić information content (AvgIpc) is 3.21. The van der Waals surface area contributed by atoms with Crippen LogP contribution in [-0.2, 0) is 16.6 Å². The molecule has 1 heterocycles. The highest BCUT2D eigenvalue weighted by molar-refractivity contribution is 7.90. The minimum absolute atomic E-state index is 0.00508. The molecule has 0 bridgehead atoms. The number of hydrogen-bond donors (Lipinski definition) is 1. The fraction of sp³-hybridized carbons (Fsp3) is 0.120. The molecule has 0 aliphatic heterocycles. The first-order valence-corrected chi connectivity index (χ1v) is 12.1. The fourth-order valence-corrected chi connectivity index (χ4v) is 4.82. The van der Waals surface area contributed by atoms with E-state index >= 15 is 0 Å². The minimum atomic E-state index is -4.04. The van der Waals surface area contributed by atoms with Gasteiger partial charge in [0.1, 0.15) is 5.69 Å². The van der Waals surface area contributed by atoms with E-state index in [4.69, 9.17) is 11.6 Å². The maximum Gasteiger partial charge on any atom is 0.283 e. The zero-order valence-corrected chi connectivity index (χ0v) is 19.7. The van der Waals surface area contributed by atoms with Crippen molar-refractivity contribution < 1.29 is 13.2 Å². The van der Waals surface area contributed by atoms with Gasteiger partial charge in [-0.25, -0.2) is 13.1 Å². The largest absolute Gasteiger partial charge is 0.283 e. The first kappa shape index (κ1) is 22.8. The van der Waals surface area contributed by atoms with Gasteiger partial charge in [-0.3, -0.25) is 9.48 Å². The Morgan fingerprint density at radius 3 is 2.24 bits per heavy atom. The lowest BCUT2D eigenvalue weighted by Crippen LogP contribution is -2.32. The molecule has 0 atom stereocenters. The summed E-state index contributed by atoms with van der Waals surface area (Å²) in [6.45, 7) is 4.28. The first-order chi connectivity index (χ1) is 15.8.